The lowest BCUT2D eigenvalue weighted by Crippen LogP contribution is -2.42. The summed E-state index contributed by atoms with van der Waals surface area (Å²) in [5, 5.41) is 0. The summed E-state index contributed by atoms with van der Waals surface area (Å²) in [6, 6.07) is 0. The summed E-state index contributed by atoms with van der Waals surface area (Å²) in [5.41, 5.74) is 5.05. The van der Waals surface area contributed by atoms with E-state index >= 15 is 0 Å². The van der Waals surface area contributed by atoms with E-state index in [-0.39, 0.29) is 0 Å². The van der Waals surface area contributed by atoms with E-state index in [9.17, 15) is 4.79 Å². The molecule has 1 fully saturated rings. The topological polar surface area (TPSA) is 50.4 Å². The highest BCUT2D eigenvalue weighted by atomic mass is 16.6. The van der Waals surface area contributed by atoms with Gasteiger partial charge in [0.25, 0.3) is 0 Å². The molecule has 1 saturated carbocycles. The maximum atomic E-state index is 11.2. The van der Waals surface area contributed by atoms with Gasteiger partial charge in [0.05, 0.1) is 0 Å². The summed E-state index contributed by atoms with van der Waals surface area (Å²) in [5.74, 6) is 0.708. The number of ether oxygens (including phenoxy) is 1. The van der Waals surface area contributed by atoms with Crippen LogP contribution in [0.25, 0.3) is 0 Å². The van der Waals surface area contributed by atoms with E-state index in [4.69, 9.17) is 4.74 Å². The Kier molecular flexibility index (Phi) is 4.39. The lowest BCUT2D eigenvalue weighted by Gasteiger charge is -2.20. The van der Waals surface area contributed by atoms with Crippen molar-refractivity contribution in [3.63, 3.8) is 0 Å². The van der Waals surface area contributed by atoms with Crippen LogP contribution >= 0.6 is 0 Å². The van der Waals surface area contributed by atoms with Crippen molar-refractivity contribution >= 4 is 6.09 Å². The van der Waals surface area contributed by atoms with E-state index in [0.29, 0.717) is 5.92 Å². The number of hydrogen-bond acceptors (Lipinski definition) is 3. The highest BCUT2D eigenvalue weighted by Gasteiger charge is 2.17. The molecule has 1 rings (SSSR count). The average molecular weight is 214 g/mol. The summed E-state index contributed by atoms with van der Waals surface area (Å²) in [7, 11) is 0. The quantitative estimate of drug-likeness (QED) is 0.708. The van der Waals surface area contributed by atoms with E-state index in [1.165, 1.54) is 25.7 Å². The molecule has 0 radical (unpaired) electrons. The summed E-state index contributed by atoms with van der Waals surface area (Å²) in [4.78, 5) is 11.2. The Bertz CT molecular complexity index is 205. The monoisotopic (exact) mass is 214 g/mol. The SMILES string of the molecule is CC(C)(C)OC(=O)NNCC1CCCC1. The van der Waals surface area contributed by atoms with Gasteiger partial charge >= 0.3 is 6.09 Å². The second-order valence-corrected chi connectivity index (χ2v) is 5.16. The largest absolute Gasteiger partial charge is 0.443 e. The summed E-state index contributed by atoms with van der Waals surface area (Å²) in [6.07, 6.45) is 4.77. The Balaban J connectivity index is 2.06. The maximum Gasteiger partial charge on any atom is 0.422 e. The van der Waals surface area contributed by atoms with Gasteiger partial charge in [0, 0.05) is 6.54 Å². The molecule has 0 aromatic carbocycles. The normalized spacial score (nSPS) is 17.8. The van der Waals surface area contributed by atoms with Crippen molar-refractivity contribution in [2.24, 2.45) is 5.92 Å². The van der Waals surface area contributed by atoms with Gasteiger partial charge in [-0.2, -0.15) is 0 Å². The molecule has 0 heterocycles. The minimum atomic E-state index is -0.431. The van der Waals surface area contributed by atoms with E-state index in [1.54, 1.807) is 0 Å². The fourth-order valence-electron chi connectivity index (χ4n) is 1.79. The molecule has 1 aliphatic rings. The van der Waals surface area contributed by atoms with Crippen LogP contribution in [0.1, 0.15) is 46.5 Å². The van der Waals surface area contributed by atoms with Crippen LogP contribution in [0, 0.1) is 5.92 Å². The fraction of sp³-hybridized carbons (Fsp3) is 0.909. The second kappa shape index (κ2) is 5.35. The van der Waals surface area contributed by atoms with E-state index in [1.807, 2.05) is 20.8 Å². The second-order valence-electron chi connectivity index (χ2n) is 5.16. The first kappa shape index (κ1) is 12.3. The van der Waals surface area contributed by atoms with Crippen molar-refractivity contribution in [1.82, 2.24) is 10.9 Å². The molecule has 88 valence electrons. The van der Waals surface area contributed by atoms with Gasteiger partial charge < -0.3 is 4.74 Å². The van der Waals surface area contributed by atoms with Crippen molar-refractivity contribution in [1.29, 1.82) is 0 Å². The minimum absolute atomic E-state index is 0.402. The molecule has 4 nitrogen and oxygen atoms in total. The van der Waals surface area contributed by atoms with Gasteiger partial charge in [0.2, 0.25) is 0 Å². The number of hydrogen-bond donors (Lipinski definition) is 2. The van der Waals surface area contributed by atoms with Crippen LogP contribution in [-0.2, 0) is 4.74 Å². The van der Waals surface area contributed by atoms with Gasteiger partial charge in [-0.05, 0) is 39.5 Å². The lowest BCUT2D eigenvalue weighted by atomic mass is 10.1. The summed E-state index contributed by atoms with van der Waals surface area (Å²) < 4.78 is 5.09. The van der Waals surface area contributed by atoms with Gasteiger partial charge in [0.1, 0.15) is 5.60 Å². The molecule has 4 heteroatoms. The zero-order valence-electron chi connectivity index (χ0n) is 9.93. The molecule has 0 aliphatic heterocycles. The lowest BCUT2D eigenvalue weighted by molar-refractivity contribution is 0.0495. The predicted octanol–water partition coefficient (Wildman–Crippen LogP) is 2.21. The molecule has 1 aliphatic carbocycles. The van der Waals surface area contributed by atoms with Crippen LogP contribution in [0.3, 0.4) is 0 Å². The Hall–Kier alpha value is -0.770. The van der Waals surface area contributed by atoms with Crippen LogP contribution < -0.4 is 10.9 Å². The number of carbonyl (C=O) groups is 1. The van der Waals surface area contributed by atoms with Crippen LogP contribution in [0.2, 0.25) is 0 Å². The zero-order chi connectivity index (χ0) is 11.3. The Morgan fingerprint density at radius 1 is 1.33 bits per heavy atom. The molecular formula is C11H22N2O2. The fourth-order valence-corrected chi connectivity index (χ4v) is 1.79. The van der Waals surface area contributed by atoms with E-state index < -0.39 is 11.7 Å². The summed E-state index contributed by atoms with van der Waals surface area (Å²) >= 11 is 0. The standard InChI is InChI=1S/C11H22N2O2/c1-11(2,3)15-10(14)13-12-8-9-6-4-5-7-9/h9,12H,4-8H2,1-3H3,(H,13,14). The number of carbonyl (C=O) groups excluding carboxylic acids is 1. The van der Waals surface area contributed by atoms with Crippen molar-refractivity contribution in [3.8, 4) is 0 Å². The molecule has 15 heavy (non-hydrogen) atoms. The van der Waals surface area contributed by atoms with Gasteiger partial charge in [-0.3, -0.25) is 5.43 Å². The smallest absolute Gasteiger partial charge is 0.422 e. The first-order valence-corrected chi connectivity index (χ1v) is 5.69. The number of hydrazine groups is 1. The van der Waals surface area contributed by atoms with Crippen molar-refractivity contribution < 1.29 is 9.53 Å². The van der Waals surface area contributed by atoms with Gasteiger partial charge in [-0.15, -0.1) is 0 Å². The van der Waals surface area contributed by atoms with Gasteiger partial charge in [0.15, 0.2) is 0 Å². The third-order valence-electron chi connectivity index (χ3n) is 2.45. The average Bonchev–Trinajstić information content (AvgIpc) is 2.53. The van der Waals surface area contributed by atoms with Crippen molar-refractivity contribution in [2.45, 2.75) is 52.1 Å². The minimum Gasteiger partial charge on any atom is -0.443 e. The molecule has 0 spiro atoms. The highest BCUT2D eigenvalue weighted by Crippen LogP contribution is 2.23. The first-order chi connectivity index (χ1) is 6.97. The van der Waals surface area contributed by atoms with E-state index in [2.05, 4.69) is 10.9 Å². The Morgan fingerprint density at radius 3 is 2.47 bits per heavy atom. The molecule has 0 saturated heterocycles. The molecule has 0 unspecified atom stereocenters. The number of rotatable bonds is 3. The highest BCUT2D eigenvalue weighted by molar-refractivity contribution is 5.66. The first-order valence-electron chi connectivity index (χ1n) is 5.69. The van der Waals surface area contributed by atoms with Gasteiger partial charge in [-0.25, -0.2) is 10.2 Å². The van der Waals surface area contributed by atoms with Crippen molar-refractivity contribution in [2.75, 3.05) is 6.54 Å². The van der Waals surface area contributed by atoms with E-state index in [0.717, 1.165) is 6.54 Å². The van der Waals surface area contributed by atoms with Crippen molar-refractivity contribution in [3.05, 3.63) is 0 Å². The van der Waals surface area contributed by atoms with Crippen LogP contribution in [-0.4, -0.2) is 18.2 Å². The molecule has 0 atom stereocenters. The molecule has 0 bridgehead atoms. The van der Waals surface area contributed by atoms with Crippen LogP contribution in [0.15, 0.2) is 0 Å². The molecule has 0 aromatic heterocycles. The number of amides is 1. The Labute approximate surface area is 91.7 Å². The summed E-state index contributed by atoms with van der Waals surface area (Å²) in [6.45, 7) is 6.40. The van der Waals surface area contributed by atoms with Crippen LogP contribution in [0.4, 0.5) is 4.79 Å². The number of nitrogens with one attached hydrogen (secondary N) is 2. The zero-order valence-corrected chi connectivity index (χ0v) is 9.93. The molecular weight excluding hydrogens is 192 g/mol. The third kappa shape index (κ3) is 5.62. The maximum absolute atomic E-state index is 11.2. The Morgan fingerprint density at radius 2 is 1.93 bits per heavy atom. The molecule has 0 aromatic rings. The third-order valence-corrected chi connectivity index (χ3v) is 2.45. The van der Waals surface area contributed by atoms with Gasteiger partial charge in [-0.1, -0.05) is 12.8 Å². The molecule has 2 N–H and O–H groups in total. The predicted molar refractivity (Wildman–Crippen MR) is 59.3 cm³/mol. The van der Waals surface area contributed by atoms with Crippen LogP contribution in [0.5, 0.6) is 0 Å². The molecule has 1 amide bonds.